The van der Waals surface area contributed by atoms with Crippen molar-refractivity contribution in [2.45, 2.75) is 13.8 Å². The molecular formula is C24H24N2O4S2. The Morgan fingerprint density at radius 3 is 2.59 bits per heavy atom. The number of hydrogen-bond donors (Lipinski definition) is 1. The van der Waals surface area contributed by atoms with Crippen molar-refractivity contribution >= 4 is 51.9 Å². The fraction of sp³-hybridized carbons (Fsp3) is 0.208. The Bertz CT molecular complexity index is 1090. The van der Waals surface area contributed by atoms with Crippen LogP contribution in [0.1, 0.15) is 16.7 Å². The van der Waals surface area contributed by atoms with E-state index in [-0.39, 0.29) is 18.4 Å². The number of carbonyl (C=O) groups is 2. The normalized spacial score (nSPS) is 14.6. The summed E-state index contributed by atoms with van der Waals surface area (Å²) in [7, 11) is 1.52. The molecule has 2 aromatic rings. The van der Waals surface area contributed by atoms with Crippen LogP contribution in [0, 0.1) is 13.8 Å². The Kier molecular flexibility index (Phi) is 7.71. The summed E-state index contributed by atoms with van der Waals surface area (Å²) < 4.78 is 11.6. The van der Waals surface area contributed by atoms with Gasteiger partial charge in [0.2, 0.25) is 0 Å². The molecule has 1 saturated heterocycles. The number of amides is 2. The quantitative estimate of drug-likeness (QED) is 0.344. The van der Waals surface area contributed by atoms with Crippen LogP contribution in [0.5, 0.6) is 11.5 Å². The van der Waals surface area contributed by atoms with Crippen LogP contribution in [-0.4, -0.2) is 41.3 Å². The van der Waals surface area contributed by atoms with Crippen LogP contribution < -0.4 is 14.8 Å². The van der Waals surface area contributed by atoms with E-state index in [9.17, 15) is 9.59 Å². The number of aryl methyl sites for hydroxylation is 2. The number of nitrogens with one attached hydrogen (secondary N) is 1. The van der Waals surface area contributed by atoms with Crippen molar-refractivity contribution < 1.29 is 19.1 Å². The predicted octanol–water partition coefficient (Wildman–Crippen LogP) is 4.72. The van der Waals surface area contributed by atoms with Crippen molar-refractivity contribution in [2.24, 2.45) is 0 Å². The van der Waals surface area contributed by atoms with Gasteiger partial charge in [-0.1, -0.05) is 54.3 Å². The topological polar surface area (TPSA) is 67.9 Å². The predicted molar refractivity (Wildman–Crippen MR) is 133 cm³/mol. The number of thioether (sulfide) groups is 1. The lowest BCUT2D eigenvalue weighted by Crippen LogP contribution is -2.27. The van der Waals surface area contributed by atoms with Gasteiger partial charge < -0.3 is 14.8 Å². The zero-order valence-corrected chi connectivity index (χ0v) is 19.8. The van der Waals surface area contributed by atoms with Crippen molar-refractivity contribution in [1.29, 1.82) is 0 Å². The van der Waals surface area contributed by atoms with Crippen LogP contribution in [-0.2, 0) is 9.59 Å². The molecule has 1 heterocycles. The maximum absolute atomic E-state index is 12.5. The zero-order valence-electron chi connectivity index (χ0n) is 18.1. The fourth-order valence-corrected chi connectivity index (χ4v) is 4.44. The molecule has 0 aromatic heterocycles. The minimum atomic E-state index is -0.264. The SMILES string of the molecule is C=CCN1C(=O)/C(=C/c2ccc(OCC(=O)Nc3c(C)cccc3C)c(OC)c2)SC1=S. The van der Waals surface area contributed by atoms with Gasteiger partial charge in [0.25, 0.3) is 11.8 Å². The van der Waals surface area contributed by atoms with Crippen molar-refractivity contribution in [3.63, 3.8) is 0 Å². The molecule has 0 atom stereocenters. The summed E-state index contributed by atoms with van der Waals surface area (Å²) in [6, 6.07) is 11.1. The number of anilines is 1. The van der Waals surface area contributed by atoms with Gasteiger partial charge in [-0.2, -0.15) is 0 Å². The Labute approximate surface area is 197 Å². The van der Waals surface area contributed by atoms with Crippen LogP contribution >= 0.6 is 24.0 Å². The number of nitrogens with zero attached hydrogens (tertiary/aromatic N) is 1. The molecule has 1 fully saturated rings. The third-order valence-corrected chi connectivity index (χ3v) is 6.15. The van der Waals surface area contributed by atoms with Gasteiger partial charge >= 0.3 is 0 Å². The molecule has 32 heavy (non-hydrogen) atoms. The van der Waals surface area contributed by atoms with Gasteiger partial charge in [0, 0.05) is 12.2 Å². The molecule has 0 spiro atoms. The first-order valence-electron chi connectivity index (χ1n) is 9.87. The first-order chi connectivity index (χ1) is 15.3. The van der Waals surface area contributed by atoms with Gasteiger partial charge in [0.1, 0.15) is 4.32 Å². The number of benzene rings is 2. The lowest BCUT2D eigenvalue weighted by Gasteiger charge is -2.14. The molecule has 0 radical (unpaired) electrons. The van der Waals surface area contributed by atoms with E-state index in [4.69, 9.17) is 21.7 Å². The highest BCUT2D eigenvalue weighted by Gasteiger charge is 2.31. The summed E-state index contributed by atoms with van der Waals surface area (Å²) in [4.78, 5) is 26.9. The molecule has 2 aromatic carbocycles. The van der Waals surface area contributed by atoms with Gasteiger partial charge in [-0.3, -0.25) is 14.5 Å². The highest BCUT2D eigenvalue weighted by Crippen LogP contribution is 2.34. The molecule has 1 N–H and O–H groups in total. The number of rotatable bonds is 8. The largest absolute Gasteiger partial charge is 0.493 e. The summed E-state index contributed by atoms with van der Waals surface area (Å²) in [5.74, 6) is 0.475. The molecule has 0 saturated carbocycles. The van der Waals surface area contributed by atoms with Gasteiger partial charge in [-0.25, -0.2) is 0 Å². The molecule has 1 aliphatic heterocycles. The smallest absolute Gasteiger partial charge is 0.266 e. The maximum atomic E-state index is 12.5. The summed E-state index contributed by atoms with van der Waals surface area (Å²) in [5.41, 5.74) is 3.52. The standard InChI is InChI=1S/C24H24N2O4S2/c1-5-11-26-23(28)20(32-24(26)31)13-17-9-10-18(19(12-17)29-4)30-14-21(27)25-22-15(2)7-6-8-16(22)3/h5-10,12-13H,1,11,14H2,2-4H3,(H,25,27)/b20-13-. The van der Waals surface area contributed by atoms with Crippen molar-refractivity contribution in [3.05, 3.63) is 70.6 Å². The summed E-state index contributed by atoms with van der Waals surface area (Å²) in [6.07, 6.45) is 3.39. The van der Waals surface area contributed by atoms with E-state index in [2.05, 4.69) is 11.9 Å². The molecule has 1 aliphatic rings. The van der Waals surface area contributed by atoms with Gasteiger partial charge in [-0.05, 0) is 48.7 Å². The molecule has 3 rings (SSSR count). The Balaban J connectivity index is 1.69. The number of carbonyl (C=O) groups excluding carboxylic acids is 2. The highest BCUT2D eigenvalue weighted by atomic mass is 32.2. The number of hydrogen-bond acceptors (Lipinski definition) is 6. The maximum Gasteiger partial charge on any atom is 0.266 e. The second-order valence-corrected chi connectivity index (χ2v) is 8.77. The van der Waals surface area contributed by atoms with Crippen molar-refractivity contribution in [2.75, 3.05) is 25.6 Å². The van der Waals surface area contributed by atoms with E-state index in [1.165, 1.54) is 23.8 Å². The Morgan fingerprint density at radius 1 is 1.22 bits per heavy atom. The molecule has 0 unspecified atom stereocenters. The molecule has 2 amide bonds. The number of thiocarbonyl (C=S) groups is 1. The number of methoxy groups -OCH3 is 1. The Morgan fingerprint density at radius 2 is 1.94 bits per heavy atom. The first-order valence-corrected chi connectivity index (χ1v) is 11.1. The van der Waals surface area contributed by atoms with Crippen LogP contribution in [0.4, 0.5) is 5.69 Å². The van der Waals surface area contributed by atoms with Crippen LogP contribution in [0.15, 0.2) is 54.0 Å². The average Bonchev–Trinajstić information content (AvgIpc) is 3.03. The zero-order chi connectivity index (χ0) is 23.3. The first kappa shape index (κ1) is 23.6. The van der Waals surface area contributed by atoms with Crippen molar-refractivity contribution in [3.8, 4) is 11.5 Å². The minimum absolute atomic E-state index is 0.151. The van der Waals surface area contributed by atoms with E-state index in [0.29, 0.717) is 27.3 Å². The third-order valence-electron chi connectivity index (χ3n) is 4.78. The second-order valence-electron chi connectivity index (χ2n) is 7.09. The average molecular weight is 469 g/mol. The molecular weight excluding hydrogens is 444 g/mol. The van der Waals surface area contributed by atoms with E-state index in [1.807, 2.05) is 32.0 Å². The fourth-order valence-electron chi connectivity index (χ4n) is 3.16. The Hall–Kier alpha value is -3.10. The minimum Gasteiger partial charge on any atom is -0.493 e. The monoisotopic (exact) mass is 468 g/mol. The molecule has 166 valence electrons. The van der Waals surface area contributed by atoms with Gasteiger partial charge in [0.05, 0.1) is 12.0 Å². The molecule has 0 bridgehead atoms. The lowest BCUT2D eigenvalue weighted by atomic mass is 10.1. The lowest BCUT2D eigenvalue weighted by molar-refractivity contribution is -0.121. The van der Waals surface area contributed by atoms with E-state index < -0.39 is 0 Å². The van der Waals surface area contributed by atoms with Crippen LogP contribution in [0.3, 0.4) is 0 Å². The van der Waals surface area contributed by atoms with Gasteiger partial charge in [0.15, 0.2) is 18.1 Å². The van der Waals surface area contributed by atoms with Crippen LogP contribution in [0.2, 0.25) is 0 Å². The van der Waals surface area contributed by atoms with E-state index in [0.717, 1.165) is 22.4 Å². The highest BCUT2D eigenvalue weighted by molar-refractivity contribution is 8.26. The molecule has 8 heteroatoms. The summed E-state index contributed by atoms with van der Waals surface area (Å²) in [6.45, 7) is 7.75. The summed E-state index contributed by atoms with van der Waals surface area (Å²) >= 11 is 6.51. The second kappa shape index (κ2) is 10.5. The van der Waals surface area contributed by atoms with E-state index >= 15 is 0 Å². The third kappa shape index (κ3) is 5.38. The van der Waals surface area contributed by atoms with Crippen molar-refractivity contribution in [1.82, 2.24) is 4.90 Å². The van der Waals surface area contributed by atoms with Gasteiger partial charge in [-0.15, -0.1) is 6.58 Å². The molecule has 0 aliphatic carbocycles. The van der Waals surface area contributed by atoms with Crippen LogP contribution in [0.25, 0.3) is 6.08 Å². The molecule has 6 nitrogen and oxygen atoms in total. The van der Waals surface area contributed by atoms with E-state index in [1.54, 1.807) is 30.4 Å². The number of ether oxygens (including phenoxy) is 2. The number of para-hydroxylation sites is 1. The summed E-state index contributed by atoms with van der Waals surface area (Å²) in [5, 5.41) is 2.89.